The number of hydrogen-bond donors (Lipinski definition) is 0. The number of fused-ring (bicyclic) bond motifs is 5. The van der Waals surface area contributed by atoms with Gasteiger partial charge in [-0.25, -0.2) is 0 Å². The van der Waals surface area contributed by atoms with Crippen LogP contribution in [-0.4, -0.2) is 0 Å². The molecule has 58 heavy (non-hydrogen) atoms. The van der Waals surface area contributed by atoms with Crippen LogP contribution in [0.25, 0.3) is 86.2 Å². The SMILES string of the molecule is c1cc(-c2ccc(N(c3ccc(-c4cccc5ccccc45)cc3)c3ccccc3-c3cccc4c3sc3ccccc34)cc2)cc(-c2cccc3ccccc23)c1. The highest BCUT2D eigenvalue weighted by Gasteiger charge is 2.20. The van der Waals surface area contributed by atoms with Gasteiger partial charge in [-0.15, -0.1) is 11.3 Å². The lowest BCUT2D eigenvalue weighted by atomic mass is 9.95. The second-order valence-corrected chi connectivity index (χ2v) is 15.9. The van der Waals surface area contributed by atoms with E-state index >= 15 is 0 Å². The Bertz CT molecular complexity index is 3270. The van der Waals surface area contributed by atoms with Crippen molar-refractivity contribution in [1.29, 1.82) is 0 Å². The molecule has 0 aliphatic rings. The van der Waals surface area contributed by atoms with Crippen molar-refractivity contribution in [2.45, 2.75) is 0 Å². The summed E-state index contributed by atoms with van der Waals surface area (Å²) in [4.78, 5) is 2.42. The molecule has 11 aromatic rings. The number of para-hydroxylation sites is 1. The Hall–Kier alpha value is -7.26. The smallest absolute Gasteiger partial charge is 0.0540 e. The van der Waals surface area contributed by atoms with Crippen molar-refractivity contribution in [1.82, 2.24) is 0 Å². The lowest BCUT2D eigenvalue weighted by Crippen LogP contribution is -2.11. The highest BCUT2D eigenvalue weighted by Crippen LogP contribution is 2.46. The maximum atomic E-state index is 2.42. The van der Waals surface area contributed by atoms with Gasteiger partial charge in [0.15, 0.2) is 0 Å². The number of thiophene rings is 1. The van der Waals surface area contributed by atoms with Gasteiger partial charge in [0, 0.05) is 42.7 Å². The Morgan fingerprint density at radius 3 is 1.50 bits per heavy atom. The molecular weight excluding hydrogens is 719 g/mol. The van der Waals surface area contributed by atoms with Crippen molar-refractivity contribution >= 4 is 70.1 Å². The highest BCUT2D eigenvalue weighted by atomic mass is 32.1. The van der Waals surface area contributed by atoms with Gasteiger partial charge in [0.1, 0.15) is 0 Å². The van der Waals surface area contributed by atoms with Crippen LogP contribution in [0, 0.1) is 0 Å². The molecule has 0 fully saturated rings. The Kier molecular flexibility index (Phi) is 8.42. The third kappa shape index (κ3) is 5.94. The second kappa shape index (κ2) is 14.4. The molecule has 272 valence electrons. The largest absolute Gasteiger partial charge is 0.310 e. The van der Waals surface area contributed by atoms with Gasteiger partial charge in [0.2, 0.25) is 0 Å². The predicted molar refractivity (Wildman–Crippen MR) is 251 cm³/mol. The van der Waals surface area contributed by atoms with Crippen molar-refractivity contribution in [3.05, 3.63) is 224 Å². The molecule has 0 unspecified atom stereocenters. The van der Waals surface area contributed by atoms with Gasteiger partial charge in [-0.1, -0.05) is 182 Å². The van der Waals surface area contributed by atoms with E-state index in [0.717, 1.165) is 17.1 Å². The van der Waals surface area contributed by atoms with E-state index < -0.39 is 0 Å². The molecule has 1 aromatic heterocycles. The highest BCUT2D eigenvalue weighted by molar-refractivity contribution is 7.26. The van der Waals surface area contributed by atoms with E-state index in [0.29, 0.717) is 0 Å². The van der Waals surface area contributed by atoms with Crippen LogP contribution in [0.1, 0.15) is 0 Å². The minimum absolute atomic E-state index is 1.10. The van der Waals surface area contributed by atoms with Crippen LogP contribution in [0.5, 0.6) is 0 Å². The molecule has 0 amide bonds. The summed E-state index contributed by atoms with van der Waals surface area (Å²) >= 11 is 1.88. The third-order valence-electron chi connectivity index (χ3n) is 11.5. The zero-order valence-electron chi connectivity index (χ0n) is 31.7. The maximum Gasteiger partial charge on any atom is 0.0540 e. The molecule has 0 radical (unpaired) electrons. The summed E-state index contributed by atoms with van der Waals surface area (Å²) in [5.41, 5.74) is 13.1. The molecule has 1 nitrogen and oxygen atoms in total. The van der Waals surface area contributed by atoms with Crippen LogP contribution < -0.4 is 4.90 Å². The number of hydrogen-bond acceptors (Lipinski definition) is 2. The fourth-order valence-electron chi connectivity index (χ4n) is 8.70. The van der Waals surface area contributed by atoms with E-state index in [9.17, 15) is 0 Å². The van der Waals surface area contributed by atoms with Gasteiger partial charge >= 0.3 is 0 Å². The summed E-state index contributed by atoms with van der Waals surface area (Å²) in [6.45, 7) is 0. The summed E-state index contributed by atoms with van der Waals surface area (Å²) in [6.07, 6.45) is 0. The molecule has 2 heteroatoms. The zero-order valence-corrected chi connectivity index (χ0v) is 32.5. The number of nitrogens with zero attached hydrogens (tertiary/aromatic N) is 1. The monoisotopic (exact) mass is 755 g/mol. The van der Waals surface area contributed by atoms with E-state index in [2.05, 4.69) is 229 Å². The molecular formula is C56H37NS. The molecule has 0 saturated heterocycles. The van der Waals surface area contributed by atoms with Crippen LogP contribution in [0.4, 0.5) is 17.1 Å². The third-order valence-corrected chi connectivity index (χ3v) is 12.7. The molecule has 11 rings (SSSR count). The average Bonchev–Trinajstić information content (AvgIpc) is 3.69. The standard InChI is InChI=1S/C56H37NS/c1-3-19-46-39(13-1)15-10-23-48(46)41-31-35-45(36-32-41)57(54-27-7-5-21-50(54)52-25-12-26-53-51-22-6-8-28-55(51)58-56(52)53)44-33-29-38(30-34-44)42-17-9-18-43(37-42)49-24-11-16-40-14-2-4-20-47(40)49/h1-37H. The summed E-state index contributed by atoms with van der Waals surface area (Å²) in [7, 11) is 0. The normalized spacial score (nSPS) is 11.4. The van der Waals surface area contributed by atoms with E-state index in [1.807, 2.05) is 11.3 Å². The first-order chi connectivity index (χ1) is 28.8. The van der Waals surface area contributed by atoms with E-state index in [1.54, 1.807) is 0 Å². The van der Waals surface area contributed by atoms with Crippen LogP contribution in [-0.2, 0) is 0 Å². The first-order valence-corrected chi connectivity index (χ1v) is 20.7. The average molecular weight is 756 g/mol. The van der Waals surface area contributed by atoms with Gasteiger partial charge in [-0.05, 0) is 97.4 Å². The summed E-state index contributed by atoms with van der Waals surface area (Å²) in [6, 6.07) is 81.9. The van der Waals surface area contributed by atoms with Gasteiger partial charge < -0.3 is 4.90 Å². The van der Waals surface area contributed by atoms with Crippen LogP contribution in [0.2, 0.25) is 0 Å². The van der Waals surface area contributed by atoms with Crippen molar-refractivity contribution in [3.8, 4) is 44.5 Å². The molecule has 0 saturated carbocycles. The van der Waals surface area contributed by atoms with Crippen molar-refractivity contribution < 1.29 is 0 Å². The van der Waals surface area contributed by atoms with Gasteiger partial charge in [-0.2, -0.15) is 0 Å². The van der Waals surface area contributed by atoms with Gasteiger partial charge in [-0.3, -0.25) is 0 Å². The van der Waals surface area contributed by atoms with Crippen molar-refractivity contribution in [2.75, 3.05) is 4.90 Å². The predicted octanol–water partition coefficient (Wildman–Crippen LogP) is 16.5. The minimum atomic E-state index is 1.10. The van der Waals surface area contributed by atoms with Gasteiger partial charge in [0.05, 0.1) is 5.69 Å². The lowest BCUT2D eigenvalue weighted by Gasteiger charge is -2.28. The van der Waals surface area contributed by atoms with E-state index in [-0.39, 0.29) is 0 Å². The Morgan fingerprint density at radius 2 is 0.776 bits per heavy atom. The van der Waals surface area contributed by atoms with Gasteiger partial charge in [0.25, 0.3) is 0 Å². The van der Waals surface area contributed by atoms with Crippen LogP contribution in [0.3, 0.4) is 0 Å². The maximum absolute atomic E-state index is 2.42. The second-order valence-electron chi connectivity index (χ2n) is 14.9. The number of anilines is 3. The van der Waals surface area contributed by atoms with E-state index in [4.69, 9.17) is 0 Å². The van der Waals surface area contributed by atoms with Crippen molar-refractivity contribution in [3.63, 3.8) is 0 Å². The molecule has 0 aliphatic carbocycles. The Balaban J connectivity index is 1.04. The van der Waals surface area contributed by atoms with Crippen molar-refractivity contribution in [2.24, 2.45) is 0 Å². The first-order valence-electron chi connectivity index (χ1n) is 19.8. The fourth-order valence-corrected chi connectivity index (χ4v) is 9.93. The summed E-state index contributed by atoms with van der Waals surface area (Å²) in [5, 5.41) is 7.64. The van der Waals surface area contributed by atoms with E-state index in [1.165, 1.54) is 86.2 Å². The Labute approximate surface area is 342 Å². The lowest BCUT2D eigenvalue weighted by molar-refractivity contribution is 1.28. The summed E-state index contributed by atoms with van der Waals surface area (Å²) < 4.78 is 2.62. The molecule has 1 heterocycles. The zero-order chi connectivity index (χ0) is 38.4. The fraction of sp³-hybridized carbons (Fsp3) is 0. The molecule has 0 spiro atoms. The minimum Gasteiger partial charge on any atom is -0.310 e. The first kappa shape index (κ1) is 34.0. The quantitative estimate of drug-likeness (QED) is 0.157. The van der Waals surface area contributed by atoms with Crippen LogP contribution >= 0.6 is 11.3 Å². The topological polar surface area (TPSA) is 3.24 Å². The number of rotatable bonds is 7. The Morgan fingerprint density at radius 1 is 0.293 bits per heavy atom. The molecule has 0 bridgehead atoms. The number of benzene rings is 10. The molecule has 0 atom stereocenters. The molecule has 10 aromatic carbocycles. The van der Waals surface area contributed by atoms with Crippen LogP contribution in [0.15, 0.2) is 224 Å². The summed E-state index contributed by atoms with van der Waals surface area (Å²) in [5.74, 6) is 0. The molecule has 0 N–H and O–H groups in total. The molecule has 0 aliphatic heterocycles.